The predicted octanol–water partition coefficient (Wildman–Crippen LogP) is 0.834. The van der Waals surface area contributed by atoms with E-state index in [2.05, 4.69) is 4.98 Å². The van der Waals surface area contributed by atoms with Crippen LogP contribution in [0.2, 0.25) is 0 Å². The van der Waals surface area contributed by atoms with E-state index >= 15 is 0 Å². The molecule has 0 atom stereocenters. The van der Waals surface area contributed by atoms with Crippen LogP contribution in [0.1, 0.15) is 28.8 Å². The topological polar surface area (TPSA) is 103 Å². The van der Waals surface area contributed by atoms with Gasteiger partial charge < -0.3 is 15.7 Å². The van der Waals surface area contributed by atoms with Gasteiger partial charge in [-0.1, -0.05) is 0 Å². The van der Waals surface area contributed by atoms with Crippen molar-refractivity contribution in [3.8, 4) is 6.07 Å². The predicted molar refractivity (Wildman–Crippen MR) is 61.8 cm³/mol. The lowest BCUT2D eigenvalue weighted by Crippen LogP contribution is -2.21. The Morgan fingerprint density at radius 1 is 1.53 bits per heavy atom. The Morgan fingerprint density at radius 2 is 2.18 bits per heavy atom. The molecule has 1 saturated heterocycles. The summed E-state index contributed by atoms with van der Waals surface area (Å²) >= 11 is 0. The quantitative estimate of drug-likeness (QED) is 0.782. The zero-order chi connectivity index (χ0) is 12.4. The average Bonchev–Trinajstić information content (AvgIpc) is 2.81. The summed E-state index contributed by atoms with van der Waals surface area (Å²) in [6.45, 7) is 1.65. The van der Waals surface area contributed by atoms with Crippen LogP contribution in [0.3, 0.4) is 0 Å². The van der Waals surface area contributed by atoms with Crippen molar-refractivity contribution in [3.05, 3.63) is 17.2 Å². The van der Waals surface area contributed by atoms with Gasteiger partial charge in [-0.25, -0.2) is 9.78 Å². The first-order chi connectivity index (χ1) is 8.13. The van der Waals surface area contributed by atoms with Gasteiger partial charge in [0.05, 0.1) is 5.56 Å². The minimum Gasteiger partial charge on any atom is -0.478 e. The summed E-state index contributed by atoms with van der Waals surface area (Å²) in [5.74, 6) is -0.717. The van der Waals surface area contributed by atoms with Gasteiger partial charge in [0.15, 0.2) is 0 Å². The normalized spacial score (nSPS) is 14.6. The first-order valence-electron chi connectivity index (χ1n) is 5.32. The number of carboxylic acids is 1. The van der Waals surface area contributed by atoms with Gasteiger partial charge in [-0.2, -0.15) is 5.26 Å². The van der Waals surface area contributed by atoms with Crippen molar-refractivity contribution in [2.75, 3.05) is 23.7 Å². The molecule has 0 amide bonds. The average molecular weight is 232 g/mol. The minimum atomic E-state index is -1.17. The number of hydrogen-bond donors (Lipinski definition) is 2. The standard InChI is InChI=1S/C11H12N4O2/c12-6-7-5-8(11(16)17)9(13)14-10(7)15-3-1-2-4-15/h5H,1-4H2,(H2,13,14)(H,16,17). The van der Waals surface area contributed by atoms with Crippen molar-refractivity contribution in [2.45, 2.75) is 12.8 Å². The maximum atomic E-state index is 10.9. The third-order valence-electron chi connectivity index (χ3n) is 2.79. The third kappa shape index (κ3) is 1.99. The minimum absolute atomic E-state index is 0.0431. The lowest BCUT2D eigenvalue weighted by molar-refractivity contribution is 0.0697. The van der Waals surface area contributed by atoms with E-state index in [1.54, 1.807) is 0 Å². The molecule has 17 heavy (non-hydrogen) atoms. The number of anilines is 2. The molecule has 0 spiro atoms. The first-order valence-corrected chi connectivity index (χ1v) is 5.32. The molecule has 1 aliphatic heterocycles. The highest BCUT2D eigenvalue weighted by Crippen LogP contribution is 2.25. The van der Waals surface area contributed by atoms with Crippen molar-refractivity contribution in [1.29, 1.82) is 5.26 Å². The van der Waals surface area contributed by atoms with Crippen LogP contribution in [0, 0.1) is 11.3 Å². The Morgan fingerprint density at radius 3 is 2.71 bits per heavy atom. The molecular formula is C11H12N4O2. The van der Waals surface area contributed by atoms with E-state index < -0.39 is 5.97 Å². The summed E-state index contributed by atoms with van der Waals surface area (Å²) in [6.07, 6.45) is 2.10. The van der Waals surface area contributed by atoms with Crippen LogP contribution in [-0.4, -0.2) is 29.1 Å². The lowest BCUT2D eigenvalue weighted by atomic mass is 10.1. The molecule has 6 heteroatoms. The largest absolute Gasteiger partial charge is 0.478 e. The number of carbonyl (C=O) groups is 1. The summed E-state index contributed by atoms with van der Waals surface area (Å²) in [4.78, 5) is 16.9. The summed E-state index contributed by atoms with van der Waals surface area (Å²) in [6, 6.07) is 3.26. The molecule has 0 bridgehead atoms. The highest BCUT2D eigenvalue weighted by atomic mass is 16.4. The van der Waals surface area contributed by atoms with Gasteiger partial charge in [0.25, 0.3) is 0 Å². The number of nitrogens with two attached hydrogens (primary N) is 1. The van der Waals surface area contributed by atoms with Crippen LogP contribution in [-0.2, 0) is 0 Å². The van der Waals surface area contributed by atoms with Gasteiger partial charge in [-0.05, 0) is 18.9 Å². The van der Waals surface area contributed by atoms with Gasteiger partial charge in [-0.15, -0.1) is 0 Å². The SMILES string of the molecule is N#Cc1cc(C(=O)O)c(N)nc1N1CCCC1. The van der Waals surface area contributed by atoms with E-state index in [0.717, 1.165) is 25.9 Å². The van der Waals surface area contributed by atoms with Gasteiger partial charge in [-0.3, -0.25) is 0 Å². The summed E-state index contributed by atoms with van der Waals surface area (Å²) < 4.78 is 0. The number of nitriles is 1. The Hall–Kier alpha value is -2.29. The molecule has 3 N–H and O–H groups in total. The van der Waals surface area contributed by atoms with Crippen molar-refractivity contribution in [1.82, 2.24) is 4.98 Å². The summed E-state index contributed by atoms with van der Waals surface area (Å²) in [5, 5.41) is 17.9. The summed E-state index contributed by atoms with van der Waals surface area (Å²) in [7, 11) is 0. The van der Waals surface area contributed by atoms with Crippen LogP contribution < -0.4 is 10.6 Å². The molecule has 6 nitrogen and oxygen atoms in total. The second-order valence-electron chi connectivity index (χ2n) is 3.90. The van der Waals surface area contributed by atoms with Crippen LogP contribution in [0.5, 0.6) is 0 Å². The Bertz CT molecular complexity index is 501. The second-order valence-corrected chi connectivity index (χ2v) is 3.90. The number of aromatic nitrogens is 1. The molecule has 1 fully saturated rings. The molecule has 0 saturated carbocycles. The number of pyridine rings is 1. The van der Waals surface area contributed by atoms with E-state index in [9.17, 15) is 4.79 Å². The smallest absolute Gasteiger partial charge is 0.339 e. The van der Waals surface area contributed by atoms with E-state index in [4.69, 9.17) is 16.1 Å². The van der Waals surface area contributed by atoms with E-state index in [-0.39, 0.29) is 16.9 Å². The van der Waals surface area contributed by atoms with Crippen molar-refractivity contribution < 1.29 is 9.90 Å². The molecular weight excluding hydrogens is 220 g/mol. The fraction of sp³-hybridized carbons (Fsp3) is 0.364. The molecule has 0 unspecified atom stereocenters. The fourth-order valence-electron chi connectivity index (χ4n) is 1.94. The molecule has 1 aliphatic rings. The van der Waals surface area contributed by atoms with Gasteiger partial charge in [0, 0.05) is 13.1 Å². The van der Waals surface area contributed by atoms with Gasteiger partial charge >= 0.3 is 5.97 Å². The molecule has 2 rings (SSSR count). The van der Waals surface area contributed by atoms with Crippen molar-refractivity contribution in [2.24, 2.45) is 0 Å². The number of nitrogens with zero attached hydrogens (tertiary/aromatic N) is 3. The number of rotatable bonds is 2. The van der Waals surface area contributed by atoms with Crippen LogP contribution in [0.4, 0.5) is 11.6 Å². The first kappa shape index (κ1) is 11.2. The molecule has 1 aromatic rings. The van der Waals surface area contributed by atoms with Crippen LogP contribution in [0.15, 0.2) is 6.07 Å². The molecule has 2 heterocycles. The third-order valence-corrected chi connectivity index (χ3v) is 2.79. The molecule has 1 aromatic heterocycles. The van der Waals surface area contributed by atoms with E-state index in [0.29, 0.717) is 5.82 Å². The second kappa shape index (κ2) is 4.29. The zero-order valence-electron chi connectivity index (χ0n) is 9.18. The number of hydrogen-bond acceptors (Lipinski definition) is 5. The Labute approximate surface area is 98.3 Å². The number of aromatic carboxylic acids is 1. The van der Waals surface area contributed by atoms with E-state index in [1.807, 2.05) is 11.0 Å². The number of carboxylic acid groups (broad SMARTS) is 1. The maximum Gasteiger partial charge on any atom is 0.339 e. The highest BCUT2D eigenvalue weighted by molar-refractivity contribution is 5.93. The maximum absolute atomic E-state index is 10.9. The van der Waals surface area contributed by atoms with Gasteiger partial charge in [0.2, 0.25) is 0 Å². The molecule has 0 aliphatic carbocycles. The lowest BCUT2D eigenvalue weighted by Gasteiger charge is -2.18. The van der Waals surface area contributed by atoms with Crippen molar-refractivity contribution >= 4 is 17.6 Å². The van der Waals surface area contributed by atoms with E-state index in [1.165, 1.54) is 6.07 Å². The Balaban J connectivity index is 2.49. The van der Waals surface area contributed by atoms with Gasteiger partial charge in [0.1, 0.15) is 23.3 Å². The fourth-order valence-corrected chi connectivity index (χ4v) is 1.94. The highest BCUT2D eigenvalue weighted by Gasteiger charge is 2.21. The van der Waals surface area contributed by atoms with Crippen LogP contribution >= 0.6 is 0 Å². The van der Waals surface area contributed by atoms with Crippen LogP contribution in [0.25, 0.3) is 0 Å². The molecule has 0 radical (unpaired) electrons. The molecule has 0 aromatic carbocycles. The Kier molecular flexibility index (Phi) is 2.83. The van der Waals surface area contributed by atoms with Crippen molar-refractivity contribution in [3.63, 3.8) is 0 Å². The zero-order valence-corrected chi connectivity index (χ0v) is 9.18. The monoisotopic (exact) mass is 232 g/mol. The molecule has 88 valence electrons. The number of nitrogen functional groups attached to an aromatic ring is 1. The summed E-state index contributed by atoms with van der Waals surface area (Å²) in [5.41, 5.74) is 5.73.